The Morgan fingerprint density at radius 1 is 1.42 bits per heavy atom. The predicted octanol–water partition coefficient (Wildman–Crippen LogP) is 2.26. The fourth-order valence-electron chi connectivity index (χ4n) is 0.985. The molecule has 0 aliphatic heterocycles. The Morgan fingerprint density at radius 3 is 2.75 bits per heavy atom. The second-order valence-corrected chi connectivity index (χ2v) is 2.91. The van der Waals surface area contributed by atoms with E-state index >= 15 is 0 Å². The van der Waals surface area contributed by atoms with Crippen molar-refractivity contribution in [3.8, 4) is 5.75 Å². The van der Waals surface area contributed by atoms with Gasteiger partial charge in [-0.3, -0.25) is 0 Å². The first-order valence-electron chi connectivity index (χ1n) is 3.88. The third-order valence-corrected chi connectivity index (χ3v) is 1.68. The van der Waals surface area contributed by atoms with Crippen LogP contribution in [0.2, 0.25) is 0 Å². The van der Waals surface area contributed by atoms with Crippen molar-refractivity contribution < 1.29 is 9.53 Å². The molecule has 0 N–H and O–H groups in total. The zero-order chi connectivity index (χ0) is 8.97. The topological polar surface area (TPSA) is 26.3 Å². The first-order chi connectivity index (χ1) is 5.74. The number of carbonyl (C=O) groups excluding carboxylic acids is 1. The summed E-state index contributed by atoms with van der Waals surface area (Å²) in [4.78, 5) is 9.91. The van der Waals surface area contributed by atoms with Gasteiger partial charge in [0.1, 0.15) is 5.75 Å². The van der Waals surface area contributed by atoms with E-state index in [0.29, 0.717) is 11.7 Å². The van der Waals surface area contributed by atoms with Gasteiger partial charge in [-0.2, -0.15) is 0 Å². The fourth-order valence-corrected chi connectivity index (χ4v) is 0.985. The van der Waals surface area contributed by atoms with Gasteiger partial charge in [-0.15, -0.1) is 0 Å². The number of hydrogen-bond acceptors (Lipinski definition) is 2. The highest BCUT2D eigenvalue weighted by Crippen LogP contribution is 2.19. The fraction of sp³-hybridized carbons (Fsp3) is 0.300. The lowest BCUT2D eigenvalue weighted by Crippen LogP contribution is -1.91. The first kappa shape index (κ1) is 8.78. The number of rotatable bonds is 3. The summed E-state index contributed by atoms with van der Waals surface area (Å²) in [6.45, 7) is 5.57. The standard InChI is InChI=1S/C10H11O2/c1-8(2)9-4-3-5-10(6-9)12-7-11/h3-6,8H,1-2H3. The molecule has 12 heavy (non-hydrogen) atoms. The maximum Gasteiger partial charge on any atom is 0.423 e. The van der Waals surface area contributed by atoms with E-state index < -0.39 is 0 Å². The molecule has 0 saturated carbocycles. The normalized spacial score (nSPS) is 9.92. The van der Waals surface area contributed by atoms with Crippen LogP contribution in [0, 0.1) is 0 Å². The average Bonchev–Trinajstić information content (AvgIpc) is 2.05. The van der Waals surface area contributed by atoms with Crippen LogP contribution >= 0.6 is 0 Å². The van der Waals surface area contributed by atoms with Crippen molar-refractivity contribution in [3.63, 3.8) is 0 Å². The zero-order valence-corrected chi connectivity index (χ0v) is 7.20. The van der Waals surface area contributed by atoms with Gasteiger partial charge in [-0.25, -0.2) is 4.79 Å². The molecule has 0 amide bonds. The van der Waals surface area contributed by atoms with Gasteiger partial charge in [0.15, 0.2) is 0 Å². The Kier molecular flexibility index (Phi) is 2.86. The molecule has 63 valence electrons. The summed E-state index contributed by atoms with van der Waals surface area (Å²) < 4.78 is 4.59. The smallest absolute Gasteiger partial charge is 0.418 e. The van der Waals surface area contributed by atoms with Crippen molar-refractivity contribution in [1.29, 1.82) is 0 Å². The zero-order valence-electron chi connectivity index (χ0n) is 7.20. The molecule has 0 unspecified atom stereocenters. The van der Waals surface area contributed by atoms with Gasteiger partial charge in [-0.05, 0) is 23.6 Å². The Bertz CT molecular complexity index is 266. The Labute approximate surface area is 72.2 Å². The van der Waals surface area contributed by atoms with Crippen LogP contribution < -0.4 is 4.74 Å². The molecule has 0 saturated heterocycles. The van der Waals surface area contributed by atoms with Crippen molar-refractivity contribution in [2.45, 2.75) is 19.8 Å². The van der Waals surface area contributed by atoms with Crippen LogP contribution in [-0.2, 0) is 4.79 Å². The summed E-state index contributed by atoms with van der Waals surface area (Å²) in [5, 5.41) is 0. The summed E-state index contributed by atoms with van der Waals surface area (Å²) >= 11 is 0. The number of benzene rings is 1. The lowest BCUT2D eigenvalue weighted by molar-refractivity contribution is 0.442. The van der Waals surface area contributed by atoms with Crippen molar-refractivity contribution in [2.24, 2.45) is 0 Å². The van der Waals surface area contributed by atoms with Crippen molar-refractivity contribution >= 4 is 6.47 Å². The van der Waals surface area contributed by atoms with Crippen LogP contribution in [0.3, 0.4) is 0 Å². The number of ether oxygens (including phenoxy) is 1. The summed E-state index contributed by atoms with van der Waals surface area (Å²) in [5.41, 5.74) is 1.16. The van der Waals surface area contributed by atoms with Gasteiger partial charge >= 0.3 is 6.47 Å². The van der Waals surface area contributed by atoms with Crippen LogP contribution in [0.1, 0.15) is 25.3 Å². The van der Waals surface area contributed by atoms with Gasteiger partial charge in [0.25, 0.3) is 0 Å². The maximum absolute atomic E-state index is 9.91. The SMILES string of the molecule is CC(C)c1cccc(O[C]=O)c1. The highest BCUT2D eigenvalue weighted by atomic mass is 16.5. The summed E-state index contributed by atoms with van der Waals surface area (Å²) in [6.07, 6.45) is 0. The Hall–Kier alpha value is -1.31. The third-order valence-electron chi connectivity index (χ3n) is 1.68. The van der Waals surface area contributed by atoms with E-state index in [2.05, 4.69) is 18.6 Å². The molecule has 1 radical (unpaired) electrons. The predicted molar refractivity (Wildman–Crippen MR) is 46.9 cm³/mol. The second-order valence-electron chi connectivity index (χ2n) is 2.91. The highest BCUT2D eigenvalue weighted by Gasteiger charge is 2.00. The lowest BCUT2D eigenvalue weighted by Gasteiger charge is -2.05. The molecule has 0 spiro atoms. The minimum absolute atomic E-state index is 0.445. The molecule has 0 aliphatic rings. The number of hydrogen-bond donors (Lipinski definition) is 0. The summed E-state index contributed by atoms with van der Waals surface area (Å²) in [6, 6.07) is 7.44. The van der Waals surface area contributed by atoms with Gasteiger partial charge in [0, 0.05) is 0 Å². The van der Waals surface area contributed by atoms with E-state index in [4.69, 9.17) is 0 Å². The molecule has 0 fully saturated rings. The van der Waals surface area contributed by atoms with Crippen molar-refractivity contribution in [1.82, 2.24) is 0 Å². The van der Waals surface area contributed by atoms with E-state index in [0.717, 1.165) is 5.56 Å². The molecule has 1 aromatic rings. The molecular formula is C10H11O2. The van der Waals surface area contributed by atoms with Gasteiger partial charge in [0.2, 0.25) is 0 Å². The van der Waals surface area contributed by atoms with Crippen molar-refractivity contribution in [2.75, 3.05) is 0 Å². The van der Waals surface area contributed by atoms with Crippen molar-refractivity contribution in [3.05, 3.63) is 29.8 Å². The molecule has 1 rings (SSSR count). The van der Waals surface area contributed by atoms with Crippen LogP contribution in [0.5, 0.6) is 5.75 Å². The quantitative estimate of drug-likeness (QED) is 0.683. The van der Waals surface area contributed by atoms with Crippen LogP contribution in [0.4, 0.5) is 0 Å². The monoisotopic (exact) mass is 163 g/mol. The molecule has 1 aromatic carbocycles. The molecule has 2 nitrogen and oxygen atoms in total. The molecule has 0 heterocycles. The average molecular weight is 163 g/mol. The first-order valence-corrected chi connectivity index (χ1v) is 3.88. The third kappa shape index (κ3) is 2.09. The van der Waals surface area contributed by atoms with E-state index in [1.54, 1.807) is 6.07 Å². The summed E-state index contributed by atoms with van der Waals surface area (Å²) in [5.74, 6) is 0.997. The van der Waals surface area contributed by atoms with Gasteiger partial charge < -0.3 is 4.74 Å². The van der Waals surface area contributed by atoms with E-state index in [1.807, 2.05) is 18.2 Å². The summed E-state index contributed by atoms with van der Waals surface area (Å²) in [7, 11) is 0. The van der Waals surface area contributed by atoms with Crippen LogP contribution in [0.15, 0.2) is 24.3 Å². The van der Waals surface area contributed by atoms with Crippen LogP contribution in [0.25, 0.3) is 0 Å². The molecule has 0 aliphatic carbocycles. The molecule has 0 bridgehead atoms. The lowest BCUT2D eigenvalue weighted by atomic mass is 10.0. The largest absolute Gasteiger partial charge is 0.423 e. The second kappa shape index (κ2) is 3.90. The van der Waals surface area contributed by atoms with Crippen LogP contribution in [-0.4, -0.2) is 6.47 Å². The minimum Gasteiger partial charge on any atom is -0.418 e. The Balaban J connectivity index is 2.87. The maximum atomic E-state index is 9.91. The van der Waals surface area contributed by atoms with E-state index in [9.17, 15) is 4.79 Å². The van der Waals surface area contributed by atoms with Gasteiger partial charge in [-0.1, -0.05) is 26.0 Å². The Morgan fingerprint density at radius 2 is 2.17 bits per heavy atom. The van der Waals surface area contributed by atoms with E-state index in [1.165, 1.54) is 6.47 Å². The minimum atomic E-state index is 0.445. The van der Waals surface area contributed by atoms with E-state index in [-0.39, 0.29) is 0 Å². The highest BCUT2D eigenvalue weighted by molar-refractivity contribution is 5.46. The molecular weight excluding hydrogens is 152 g/mol. The molecule has 0 atom stereocenters. The molecule has 2 heteroatoms. The van der Waals surface area contributed by atoms with Gasteiger partial charge in [0.05, 0.1) is 0 Å². The molecule has 0 aromatic heterocycles.